The van der Waals surface area contributed by atoms with Gasteiger partial charge in [0, 0.05) is 7.05 Å². The average molecular weight is 312 g/mol. The Morgan fingerprint density at radius 1 is 1.18 bits per heavy atom. The lowest BCUT2D eigenvalue weighted by molar-refractivity contribution is -0.157. The van der Waals surface area contributed by atoms with Crippen molar-refractivity contribution in [2.75, 3.05) is 7.05 Å². The Morgan fingerprint density at radius 3 is 2.23 bits per heavy atom. The molecule has 0 spiro atoms. The number of nitrogens with one attached hydrogen (secondary N) is 2. The minimum Gasteiger partial charge on any atom is -0.460 e. The lowest BCUT2D eigenvalue weighted by Crippen LogP contribution is -2.46. The Kier molecular flexibility index (Phi) is 8.45. The number of carbonyl (C=O) groups excluding carboxylic acids is 3. The first-order valence-corrected chi connectivity index (χ1v) is 7.45. The molecule has 0 rings (SSSR count). The molecule has 6 nitrogen and oxygen atoms in total. The molecule has 2 amide bonds. The van der Waals surface area contributed by atoms with Crippen LogP contribution < -0.4 is 10.6 Å². The van der Waals surface area contributed by atoms with Gasteiger partial charge >= 0.3 is 5.97 Å². The fraction of sp³-hybridized carbons (Fsp3) is 0.688. The fourth-order valence-corrected chi connectivity index (χ4v) is 1.78. The van der Waals surface area contributed by atoms with E-state index in [1.807, 2.05) is 19.1 Å². The Labute approximate surface area is 132 Å². The van der Waals surface area contributed by atoms with Crippen molar-refractivity contribution in [1.82, 2.24) is 10.6 Å². The summed E-state index contributed by atoms with van der Waals surface area (Å²) < 4.78 is 5.25. The van der Waals surface area contributed by atoms with E-state index in [4.69, 9.17) is 4.74 Å². The molecule has 0 saturated heterocycles. The molecule has 0 saturated carbocycles. The van der Waals surface area contributed by atoms with Crippen LogP contribution in [0.5, 0.6) is 0 Å². The van der Waals surface area contributed by atoms with Crippen molar-refractivity contribution in [2.45, 2.75) is 59.1 Å². The summed E-state index contributed by atoms with van der Waals surface area (Å²) in [6, 6.07) is -0.649. The highest BCUT2D eigenvalue weighted by Crippen LogP contribution is 2.15. The Bertz CT molecular complexity index is 424. The van der Waals surface area contributed by atoms with E-state index in [0.29, 0.717) is 6.42 Å². The minimum atomic E-state index is -0.649. The summed E-state index contributed by atoms with van der Waals surface area (Å²) in [6.07, 6.45) is 4.03. The molecule has 0 aromatic carbocycles. The highest BCUT2D eigenvalue weighted by molar-refractivity contribution is 5.89. The molecule has 0 heterocycles. The molecule has 6 heteroatoms. The van der Waals surface area contributed by atoms with Crippen LogP contribution in [0.1, 0.15) is 47.5 Å². The third-order valence-electron chi connectivity index (χ3n) is 2.86. The Hall–Kier alpha value is -1.85. The van der Waals surface area contributed by atoms with Crippen LogP contribution in [0.15, 0.2) is 12.2 Å². The maximum absolute atomic E-state index is 12.2. The quantitative estimate of drug-likeness (QED) is 0.552. The molecule has 22 heavy (non-hydrogen) atoms. The monoisotopic (exact) mass is 312 g/mol. The number of likely N-dealkylation sites (N-methyl/N-ethyl adjacent to an activating group) is 1. The van der Waals surface area contributed by atoms with E-state index < -0.39 is 23.5 Å². The van der Waals surface area contributed by atoms with Crippen LogP contribution >= 0.6 is 0 Å². The molecule has 2 N–H and O–H groups in total. The van der Waals surface area contributed by atoms with Crippen LogP contribution in [0.3, 0.4) is 0 Å². The second-order valence-corrected chi connectivity index (χ2v) is 6.14. The third kappa shape index (κ3) is 8.44. The smallest absolute Gasteiger partial charge is 0.307 e. The van der Waals surface area contributed by atoms with Crippen LogP contribution in [0.2, 0.25) is 0 Å². The zero-order valence-electron chi connectivity index (χ0n) is 14.4. The van der Waals surface area contributed by atoms with Crippen molar-refractivity contribution in [3.63, 3.8) is 0 Å². The molecule has 0 aromatic rings. The van der Waals surface area contributed by atoms with E-state index in [9.17, 15) is 14.4 Å². The molecule has 0 aliphatic heterocycles. The summed E-state index contributed by atoms with van der Waals surface area (Å²) in [6.45, 7) is 8.77. The van der Waals surface area contributed by atoms with Gasteiger partial charge in [-0.05, 0) is 41.0 Å². The van der Waals surface area contributed by atoms with Crippen molar-refractivity contribution < 1.29 is 19.1 Å². The lowest BCUT2D eigenvalue weighted by Gasteiger charge is -2.22. The van der Waals surface area contributed by atoms with Gasteiger partial charge in [-0.2, -0.15) is 0 Å². The Morgan fingerprint density at radius 2 is 1.77 bits per heavy atom. The van der Waals surface area contributed by atoms with Crippen LogP contribution in [-0.4, -0.2) is 36.5 Å². The SMILES string of the molecule is C/C=C/C[C@H](CC(=O)OC(C)(C)C)C(=O)NC(C)C(=O)NC. The largest absolute Gasteiger partial charge is 0.460 e. The van der Waals surface area contributed by atoms with Crippen LogP contribution in [0, 0.1) is 5.92 Å². The van der Waals surface area contributed by atoms with Crippen molar-refractivity contribution in [2.24, 2.45) is 5.92 Å². The third-order valence-corrected chi connectivity index (χ3v) is 2.86. The molecule has 126 valence electrons. The highest BCUT2D eigenvalue weighted by atomic mass is 16.6. The van der Waals surface area contributed by atoms with E-state index in [-0.39, 0.29) is 18.2 Å². The van der Waals surface area contributed by atoms with Crippen LogP contribution in [0.4, 0.5) is 0 Å². The summed E-state index contributed by atoms with van der Waals surface area (Å²) in [4.78, 5) is 35.6. The number of carbonyl (C=O) groups is 3. The maximum atomic E-state index is 12.2. The van der Waals surface area contributed by atoms with E-state index >= 15 is 0 Å². The number of hydrogen-bond donors (Lipinski definition) is 2. The van der Waals surface area contributed by atoms with Gasteiger partial charge in [-0.1, -0.05) is 12.2 Å². The fourth-order valence-electron chi connectivity index (χ4n) is 1.78. The highest BCUT2D eigenvalue weighted by Gasteiger charge is 2.26. The van der Waals surface area contributed by atoms with Crippen molar-refractivity contribution in [1.29, 1.82) is 0 Å². The van der Waals surface area contributed by atoms with Gasteiger partial charge in [-0.15, -0.1) is 0 Å². The van der Waals surface area contributed by atoms with Gasteiger partial charge in [0.2, 0.25) is 11.8 Å². The van der Waals surface area contributed by atoms with E-state index in [0.717, 1.165) is 0 Å². The van der Waals surface area contributed by atoms with Crippen molar-refractivity contribution in [3.05, 3.63) is 12.2 Å². The van der Waals surface area contributed by atoms with Gasteiger partial charge in [-0.3, -0.25) is 14.4 Å². The molecule has 0 radical (unpaired) electrons. The first-order chi connectivity index (χ1) is 10.1. The Balaban J connectivity index is 4.78. The summed E-state index contributed by atoms with van der Waals surface area (Å²) in [7, 11) is 1.50. The second-order valence-electron chi connectivity index (χ2n) is 6.14. The first kappa shape index (κ1) is 20.1. The zero-order chi connectivity index (χ0) is 17.3. The van der Waals surface area contributed by atoms with Gasteiger partial charge in [0.25, 0.3) is 0 Å². The van der Waals surface area contributed by atoms with Crippen molar-refractivity contribution >= 4 is 17.8 Å². The van der Waals surface area contributed by atoms with Gasteiger partial charge in [0.1, 0.15) is 11.6 Å². The summed E-state index contributed by atoms with van der Waals surface area (Å²) in [5.41, 5.74) is -0.589. The predicted molar refractivity (Wildman–Crippen MR) is 85.1 cm³/mol. The van der Waals surface area contributed by atoms with Crippen molar-refractivity contribution in [3.8, 4) is 0 Å². The number of rotatable bonds is 7. The van der Waals surface area contributed by atoms with Gasteiger partial charge in [-0.25, -0.2) is 0 Å². The normalized spacial score (nSPS) is 14.3. The van der Waals surface area contributed by atoms with Gasteiger partial charge in [0.05, 0.1) is 12.3 Å². The molecule has 0 aliphatic rings. The number of amides is 2. The standard InChI is InChI=1S/C16H28N2O4/c1-7-8-9-12(10-13(19)22-16(3,4)5)15(21)18-11(2)14(20)17-6/h7-8,11-12H,9-10H2,1-6H3,(H,17,20)(H,18,21)/b8-7+/t11?,12-/m1/s1. The number of ether oxygens (including phenoxy) is 1. The van der Waals surface area contributed by atoms with E-state index in [1.165, 1.54) is 7.05 Å². The molecule has 0 fully saturated rings. The molecular formula is C16H28N2O4. The maximum Gasteiger partial charge on any atom is 0.307 e. The minimum absolute atomic E-state index is 0.0199. The zero-order valence-corrected chi connectivity index (χ0v) is 14.4. The molecule has 1 unspecified atom stereocenters. The molecular weight excluding hydrogens is 284 g/mol. The average Bonchev–Trinajstić information content (AvgIpc) is 2.40. The lowest BCUT2D eigenvalue weighted by atomic mass is 9.99. The van der Waals surface area contributed by atoms with E-state index in [1.54, 1.807) is 27.7 Å². The number of hydrogen-bond acceptors (Lipinski definition) is 4. The molecule has 0 aliphatic carbocycles. The van der Waals surface area contributed by atoms with Crippen LogP contribution in [0.25, 0.3) is 0 Å². The number of esters is 1. The predicted octanol–water partition coefficient (Wildman–Crippen LogP) is 1.55. The van der Waals surface area contributed by atoms with Crippen LogP contribution in [-0.2, 0) is 19.1 Å². The topological polar surface area (TPSA) is 84.5 Å². The second kappa shape index (κ2) is 9.23. The van der Waals surface area contributed by atoms with Gasteiger partial charge in [0.15, 0.2) is 0 Å². The molecule has 2 atom stereocenters. The summed E-state index contributed by atoms with van der Waals surface area (Å²) in [5.74, 6) is -1.60. The molecule has 0 bridgehead atoms. The summed E-state index contributed by atoms with van der Waals surface area (Å²) in [5, 5.41) is 5.08. The van der Waals surface area contributed by atoms with Gasteiger partial charge < -0.3 is 15.4 Å². The first-order valence-electron chi connectivity index (χ1n) is 7.45. The summed E-state index contributed by atoms with van der Waals surface area (Å²) >= 11 is 0. The molecule has 0 aromatic heterocycles. The van der Waals surface area contributed by atoms with E-state index in [2.05, 4.69) is 10.6 Å². The number of allylic oxidation sites excluding steroid dienone is 2.